The molecular formula is C25H18BN. The molecule has 0 saturated heterocycles. The predicted molar refractivity (Wildman–Crippen MR) is 117 cm³/mol. The molecule has 0 atom stereocenters. The molecule has 1 aliphatic rings. The number of para-hydroxylation sites is 2. The minimum atomic E-state index is 0.266. The molecule has 27 heavy (non-hydrogen) atoms. The molecule has 1 aliphatic heterocycles. The SMILES string of the molecule is Cc1ccc2c3c1c1ccccc1n3-c1ccccc1B2c1ccccc1. The van der Waals surface area contributed by atoms with Gasteiger partial charge in [0.1, 0.15) is 0 Å². The summed E-state index contributed by atoms with van der Waals surface area (Å²) in [7, 11) is 0. The van der Waals surface area contributed by atoms with Crippen LogP contribution in [0.5, 0.6) is 0 Å². The second-order valence-corrected chi connectivity index (χ2v) is 7.45. The van der Waals surface area contributed by atoms with Crippen LogP contribution in [0.2, 0.25) is 0 Å². The first kappa shape index (κ1) is 14.9. The number of aryl methyl sites for hydroxylation is 1. The molecule has 6 rings (SSSR count). The van der Waals surface area contributed by atoms with E-state index in [1.165, 1.54) is 49.4 Å². The zero-order chi connectivity index (χ0) is 18.0. The third-order valence-electron chi connectivity index (χ3n) is 5.99. The van der Waals surface area contributed by atoms with Gasteiger partial charge in [0.2, 0.25) is 6.71 Å². The summed E-state index contributed by atoms with van der Waals surface area (Å²) >= 11 is 0. The van der Waals surface area contributed by atoms with Crippen molar-refractivity contribution in [3.05, 3.63) is 96.6 Å². The lowest BCUT2D eigenvalue weighted by molar-refractivity contribution is 1.19. The fraction of sp³-hybridized carbons (Fsp3) is 0.0400. The third kappa shape index (κ3) is 1.90. The highest BCUT2D eigenvalue weighted by atomic mass is 15.0. The first-order chi connectivity index (χ1) is 13.3. The molecule has 0 fully saturated rings. The van der Waals surface area contributed by atoms with Gasteiger partial charge in [0, 0.05) is 22.0 Å². The molecule has 2 heteroatoms. The van der Waals surface area contributed by atoms with E-state index < -0.39 is 0 Å². The van der Waals surface area contributed by atoms with E-state index in [1.54, 1.807) is 0 Å². The van der Waals surface area contributed by atoms with Crippen LogP contribution < -0.4 is 16.4 Å². The molecular weight excluding hydrogens is 325 g/mol. The van der Waals surface area contributed by atoms with Gasteiger partial charge < -0.3 is 4.57 Å². The van der Waals surface area contributed by atoms with E-state index in [4.69, 9.17) is 0 Å². The lowest BCUT2D eigenvalue weighted by Gasteiger charge is -2.27. The van der Waals surface area contributed by atoms with Crippen molar-refractivity contribution in [3.8, 4) is 5.69 Å². The Balaban J connectivity index is 1.87. The van der Waals surface area contributed by atoms with Crippen molar-refractivity contribution in [1.82, 2.24) is 4.57 Å². The second-order valence-electron chi connectivity index (χ2n) is 7.45. The standard InChI is InChI=1S/C25H18BN/c1-17-15-16-21-25-24(17)19-11-5-7-13-22(19)27(25)23-14-8-6-12-20(23)26(21)18-9-3-2-4-10-18/h2-16H,1H3. The van der Waals surface area contributed by atoms with Crippen molar-refractivity contribution in [1.29, 1.82) is 0 Å². The third-order valence-corrected chi connectivity index (χ3v) is 5.99. The summed E-state index contributed by atoms with van der Waals surface area (Å²) in [6.07, 6.45) is 0. The van der Waals surface area contributed by atoms with Crippen LogP contribution in [0, 0.1) is 6.92 Å². The molecule has 0 unspecified atom stereocenters. The van der Waals surface area contributed by atoms with Crippen LogP contribution in [0.25, 0.3) is 27.5 Å². The van der Waals surface area contributed by atoms with Crippen LogP contribution in [0.1, 0.15) is 5.56 Å². The van der Waals surface area contributed by atoms with Gasteiger partial charge in [0.25, 0.3) is 0 Å². The van der Waals surface area contributed by atoms with E-state index in [0.29, 0.717) is 0 Å². The quantitative estimate of drug-likeness (QED) is 0.399. The topological polar surface area (TPSA) is 4.93 Å². The van der Waals surface area contributed by atoms with Crippen molar-refractivity contribution >= 4 is 44.9 Å². The second kappa shape index (κ2) is 5.37. The fourth-order valence-corrected chi connectivity index (χ4v) is 4.88. The summed E-state index contributed by atoms with van der Waals surface area (Å²) in [4.78, 5) is 0. The van der Waals surface area contributed by atoms with Crippen LogP contribution in [0.3, 0.4) is 0 Å². The Morgan fingerprint density at radius 3 is 2.30 bits per heavy atom. The Morgan fingerprint density at radius 2 is 1.41 bits per heavy atom. The summed E-state index contributed by atoms with van der Waals surface area (Å²) in [5.41, 5.74) is 9.43. The summed E-state index contributed by atoms with van der Waals surface area (Å²) < 4.78 is 2.47. The van der Waals surface area contributed by atoms with E-state index in [9.17, 15) is 0 Å². The summed E-state index contributed by atoms with van der Waals surface area (Å²) in [5, 5.41) is 2.73. The number of fused-ring (bicyclic) bond motifs is 5. The minimum Gasteiger partial charge on any atom is -0.310 e. The molecule has 1 aromatic heterocycles. The predicted octanol–water partition coefficient (Wildman–Crippen LogP) is 3.92. The van der Waals surface area contributed by atoms with Gasteiger partial charge in [0.15, 0.2) is 0 Å². The van der Waals surface area contributed by atoms with Gasteiger partial charge in [-0.2, -0.15) is 0 Å². The molecule has 2 heterocycles. The maximum Gasteiger partial charge on any atom is 0.246 e. The Kier molecular flexibility index (Phi) is 2.96. The first-order valence-corrected chi connectivity index (χ1v) is 9.51. The van der Waals surface area contributed by atoms with Gasteiger partial charge in [-0.3, -0.25) is 0 Å². The average molecular weight is 343 g/mol. The van der Waals surface area contributed by atoms with Crippen molar-refractivity contribution in [3.63, 3.8) is 0 Å². The smallest absolute Gasteiger partial charge is 0.246 e. The maximum absolute atomic E-state index is 2.47. The molecule has 0 aliphatic carbocycles. The summed E-state index contributed by atoms with van der Waals surface area (Å²) in [5.74, 6) is 0. The Bertz CT molecular complexity index is 1330. The van der Waals surface area contributed by atoms with Crippen molar-refractivity contribution in [2.45, 2.75) is 6.92 Å². The highest BCUT2D eigenvalue weighted by Gasteiger charge is 2.33. The number of hydrogen-bond acceptors (Lipinski definition) is 0. The van der Waals surface area contributed by atoms with Crippen molar-refractivity contribution in [2.24, 2.45) is 0 Å². The molecule has 0 spiro atoms. The highest BCUT2D eigenvalue weighted by molar-refractivity contribution is 6.98. The monoisotopic (exact) mass is 343 g/mol. The Labute approximate surface area is 159 Å². The lowest BCUT2D eigenvalue weighted by Crippen LogP contribution is -2.55. The van der Waals surface area contributed by atoms with Crippen molar-refractivity contribution < 1.29 is 0 Å². The van der Waals surface area contributed by atoms with Gasteiger partial charge in [-0.25, -0.2) is 0 Å². The number of aromatic nitrogens is 1. The van der Waals surface area contributed by atoms with Gasteiger partial charge in [-0.1, -0.05) is 84.3 Å². The lowest BCUT2D eigenvalue weighted by atomic mass is 9.35. The molecule has 5 aromatic rings. The molecule has 0 saturated carbocycles. The molecule has 0 amide bonds. The van der Waals surface area contributed by atoms with Crippen molar-refractivity contribution in [2.75, 3.05) is 0 Å². The Hall–Kier alpha value is -3.26. The van der Waals surface area contributed by atoms with E-state index in [-0.39, 0.29) is 6.71 Å². The van der Waals surface area contributed by atoms with Gasteiger partial charge in [-0.05, 0) is 35.5 Å². The molecule has 126 valence electrons. The number of nitrogens with zero attached hydrogens (tertiary/aromatic N) is 1. The fourth-order valence-electron chi connectivity index (χ4n) is 4.88. The van der Waals surface area contributed by atoms with E-state index in [1.807, 2.05) is 0 Å². The van der Waals surface area contributed by atoms with Crippen LogP contribution in [-0.4, -0.2) is 11.3 Å². The van der Waals surface area contributed by atoms with Crippen LogP contribution >= 0.6 is 0 Å². The zero-order valence-corrected chi connectivity index (χ0v) is 15.2. The molecule has 1 nitrogen and oxygen atoms in total. The minimum absolute atomic E-state index is 0.266. The normalized spacial score (nSPS) is 12.6. The van der Waals surface area contributed by atoms with E-state index >= 15 is 0 Å². The molecule has 0 N–H and O–H groups in total. The van der Waals surface area contributed by atoms with E-state index in [2.05, 4.69) is 102 Å². The number of benzene rings is 4. The summed E-state index contributed by atoms with van der Waals surface area (Å²) in [6.45, 7) is 2.50. The van der Waals surface area contributed by atoms with Crippen LogP contribution in [0.15, 0.2) is 91.0 Å². The van der Waals surface area contributed by atoms with Gasteiger partial charge in [-0.15, -0.1) is 0 Å². The molecule has 4 aromatic carbocycles. The zero-order valence-electron chi connectivity index (χ0n) is 15.2. The van der Waals surface area contributed by atoms with Gasteiger partial charge in [0.05, 0.1) is 5.52 Å². The number of rotatable bonds is 1. The average Bonchev–Trinajstić information content (AvgIpc) is 3.08. The number of hydrogen-bond donors (Lipinski definition) is 0. The van der Waals surface area contributed by atoms with Crippen LogP contribution in [0.4, 0.5) is 0 Å². The summed E-state index contributed by atoms with van der Waals surface area (Å²) in [6, 6.07) is 33.2. The first-order valence-electron chi connectivity index (χ1n) is 9.51. The largest absolute Gasteiger partial charge is 0.310 e. The molecule has 0 bridgehead atoms. The maximum atomic E-state index is 2.47. The van der Waals surface area contributed by atoms with Crippen LogP contribution in [-0.2, 0) is 0 Å². The Morgan fingerprint density at radius 1 is 0.667 bits per heavy atom. The molecule has 0 radical (unpaired) electrons. The highest BCUT2D eigenvalue weighted by Crippen LogP contribution is 2.34. The van der Waals surface area contributed by atoms with Gasteiger partial charge >= 0.3 is 0 Å². The van der Waals surface area contributed by atoms with E-state index in [0.717, 1.165) is 0 Å².